The van der Waals surface area contributed by atoms with E-state index in [9.17, 15) is 53.1 Å². The number of nitrogens with zero attached hydrogens (tertiary/aromatic N) is 4. The molecule has 0 aromatic heterocycles. The Morgan fingerprint density at radius 1 is 0.500 bits per heavy atom. The summed E-state index contributed by atoms with van der Waals surface area (Å²) < 4.78 is 0. The number of hydrogen-bond acceptors (Lipinski definition) is 16. The lowest BCUT2D eigenvalue weighted by Gasteiger charge is -2.28. The first-order valence-electron chi connectivity index (χ1n) is 27.0. The second-order valence-corrected chi connectivity index (χ2v) is 19.4. The lowest BCUT2D eigenvalue weighted by Crippen LogP contribution is -2.60. The van der Waals surface area contributed by atoms with E-state index in [1.54, 1.807) is 6.92 Å². The highest BCUT2D eigenvalue weighted by atomic mass is 16.3. The fourth-order valence-corrected chi connectivity index (χ4v) is 8.33. The van der Waals surface area contributed by atoms with E-state index in [0.29, 0.717) is 45.1 Å². The highest BCUT2D eigenvalue weighted by Crippen LogP contribution is 2.18. The molecule has 454 valence electrons. The van der Waals surface area contributed by atoms with Crippen LogP contribution in [0.1, 0.15) is 124 Å². The Hall–Kier alpha value is -7.61. The van der Waals surface area contributed by atoms with Crippen LogP contribution in [0.15, 0.2) is 15.0 Å². The van der Waals surface area contributed by atoms with E-state index in [2.05, 4.69) is 57.5 Å². The zero-order chi connectivity index (χ0) is 60.5. The molecule has 0 aromatic carbocycles. The third-order valence-electron chi connectivity index (χ3n) is 12.7. The number of nitrogens with one attached hydrogen (secondary N) is 8. The monoisotopic (exact) mass is 1140 g/mol. The average molecular weight is 1140 g/mol. The van der Waals surface area contributed by atoms with Gasteiger partial charge in [-0.15, -0.1) is 0 Å². The first-order chi connectivity index (χ1) is 37.8. The molecule has 1 saturated heterocycles. The molecule has 27 N–H and O–H groups in total. The molecule has 0 saturated carbocycles. The highest BCUT2D eigenvalue weighted by molar-refractivity contribution is 5.98. The number of likely N-dealkylation sites (tertiary alicyclic amines) is 1. The number of carbonyl (C=O) groups excluding carboxylic acids is 10. The Kier molecular flexibility index (Phi) is 33.5. The summed E-state index contributed by atoms with van der Waals surface area (Å²) in [5.41, 5.74) is 49.8. The van der Waals surface area contributed by atoms with Crippen LogP contribution < -0.4 is 94.1 Å². The summed E-state index contributed by atoms with van der Waals surface area (Å²) >= 11 is 0. The molecule has 0 aliphatic carbocycles. The Bertz CT molecular complexity index is 2130. The second-order valence-electron chi connectivity index (χ2n) is 19.4. The van der Waals surface area contributed by atoms with Crippen LogP contribution in [-0.2, 0) is 47.9 Å². The number of primary amides is 1. The van der Waals surface area contributed by atoms with Gasteiger partial charge in [0.25, 0.3) is 0 Å². The minimum absolute atomic E-state index is 0.00786. The Labute approximate surface area is 466 Å². The van der Waals surface area contributed by atoms with E-state index < -0.39 is 114 Å². The van der Waals surface area contributed by atoms with Gasteiger partial charge in [0.15, 0.2) is 17.9 Å². The van der Waals surface area contributed by atoms with Gasteiger partial charge >= 0.3 is 0 Å². The third-order valence-corrected chi connectivity index (χ3v) is 12.7. The smallest absolute Gasteiger partial charge is 0.243 e. The zero-order valence-corrected chi connectivity index (χ0v) is 46.6. The van der Waals surface area contributed by atoms with Crippen molar-refractivity contribution in [3.05, 3.63) is 0 Å². The van der Waals surface area contributed by atoms with Gasteiger partial charge in [-0.1, -0.05) is 6.92 Å². The highest BCUT2D eigenvalue weighted by Gasteiger charge is 2.36. The molecule has 32 nitrogen and oxygen atoms in total. The summed E-state index contributed by atoms with van der Waals surface area (Å²) in [6, 6.07) is -11.4. The van der Waals surface area contributed by atoms with E-state index in [-0.39, 0.29) is 114 Å². The number of aliphatic imine (C=N–C) groups is 3. The SMILES string of the molecule is CC[C@H](NC(=O)[C@H](CCCN=C(N)N)NC(=O)[C@H](C)NC(=O)[C@@H]1CCCN1C(C)=O)C(=O)N[C@@H](CCCN=C(N)N)C(=O)N[C@@H](CCCCN)C(=O)N[C@@H](CCCCN)C(=O)N[C@@H](CCCN=C(N)N)C(=O)N[C@H](C(N)=O)[C@@H](C)O. The molecule has 1 aliphatic rings. The minimum Gasteiger partial charge on any atom is -0.391 e. The molecule has 80 heavy (non-hydrogen) atoms. The van der Waals surface area contributed by atoms with E-state index in [0.717, 1.165) is 0 Å². The number of unbranched alkanes of at least 4 members (excludes halogenated alkanes) is 2. The van der Waals surface area contributed by atoms with Crippen LogP contribution in [-0.4, -0.2) is 187 Å². The Morgan fingerprint density at radius 2 is 0.838 bits per heavy atom. The quantitative estimate of drug-likeness (QED) is 0.0154. The van der Waals surface area contributed by atoms with Crippen molar-refractivity contribution in [2.75, 3.05) is 39.3 Å². The summed E-state index contributed by atoms with van der Waals surface area (Å²) in [6.07, 6.45) is 1.44. The third kappa shape index (κ3) is 27.3. The van der Waals surface area contributed by atoms with Gasteiger partial charge in [0.2, 0.25) is 59.1 Å². The zero-order valence-electron chi connectivity index (χ0n) is 46.6. The number of rotatable bonds is 39. The molecule has 1 aliphatic heterocycles. The molecule has 10 amide bonds. The molecule has 32 heteroatoms. The number of guanidine groups is 3. The van der Waals surface area contributed by atoms with Gasteiger partial charge in [-0.3, -0.25) is 62.9 Å². The van der Waals surface area contributed by atoms with Crippen LogP contribution in [0, 0.1) is 0 Å². The van der Waals surface area contributed by atoms with Gasteiger partial charge in [-0.25, -0.2) is 0 Å². The molecule has 1 fully saturated rings. The summed E-state index contributed by atoms with van der Waals surface area (Å²) in [5, 5.41) is 30.9. The maximum Gasteiger partial charge on any atom is 0.243 e. The van der Waals surface area contributed by atoms with Crippen molar-refractivity contribution < 1.29 is 53.1 Å². The van der Waals surface area contributed by atoms with Crippen molar-refractivity contribution in [3.8, 4) is 0 Å². The van der Waals surface area contributed by atoms with Crippen LogP contribution in [0.5, 0.6) is 0 Å². The molecule has 1 rings (SSSR count). The van der Waals surface area contributed by atoms with Crippen molar-refractivity contribution in [2.45, 2.75) is 184 Å². The summed E-state index contributed by atoms with van der Waals surface area (Å²) in [5.74, 6) is -8.27. The van der Waals surface area contributed by atoms with E-state index in [1.165, 1.54) is 25.7 Å². The number of hydrogen-bond donors (Lipinski definition) is 18. The molecular formula is C48H91N21O11. The lowest BCUT2D eigenvalue weighted by molar-refractivity contribution is -0.138. The fourth-order valence-electron chi connectivity index (χ4n) is 8.33. The van der Waals surface area contributed by atoms with Crippen molar-refractivity contribution in [1.29, 1.82) is 0 Å². The number of aliphatic hydroxyl groups excluding tert-OH is 1. The Morgan fingerprint density at radius 3 is 1.16 bits per heavy atom. The van der Waals surface area contributed by atoms with Crippen LogP contribution in [0.25, 0.3) is 0 Å². The first kappa shape index (κ1) is 70.4. The molecule has 0 unspecified atom stereocenters. The van der Waals surface area contributed by atoms with Crippen molar-refractivity contribution >= 4 is 77.0 Å². The summed E-state index contributed by atoms with van der Waals surface area (Å²) in [4.78, 5) is 148. The topological polar surface area (TPSA) is 562 Å². The van der Waals surface area contributed by atoms with Gasteiger partial charge in [0.1, 0.15) is 54.4 Å². The predicted octanol–water partition coefficient (Wildman–Crippen LogP) is -7.41. The van der Waals surface area contributed by atoms with Crippen molar-refractivity contribution in [1.82, 2.24) is 47.4 Å². The van der Waals surface area contributed by atoms with E-state index >= 15 is 0 Å². The van der Waals surface area contributed by atoms with E-state index in [4.69, 9.17) is 51.6 Å². The van der Waals surface area contributed by atoms with Gasteiger partial charge in [0.05, 0.1) is 6.10 Å². The number of amides is 10. The molecule has 0 bridgehead atoms. The van der Waals surface area contributed by atoms with Crippen LogP contribution in [0.3, 0.4) is 0 Å². The van der Waals surface area contributed by atoms with Crippen LogP contribution in [0.4, 0.5) is 0 Å². The van der Waals surface area contributed by atoms with Gasteiger partial charge in [-0.2, -0.15) is 0 Å². The average Bonchev–Trinajstić information content (AvgIpc) is 3.90. The van der Waals surface area contributed by atoms with Gasteiger partial charge < -0.3 is 104 Å². The number of aliphatic hydroxyl groups is 1. The van der Waals surface area contributed by atoms with Gasteiger partial charge in [0, 0.05) is 33.1 Å². The maximum absolute atomic E-state index is 14.3. The number of nitrogens with two attached hydrogens (primary N) is 9. The summed E-state index contributed by atoms with van der Waals surface area (Å²) in [7, 11) is 0. The normalized spacial score (nSPS) is 16.2. The van der Waals surface area contributed by atoms with Crippen LogP contribution >= 0.6 is 0 Å². The minimum atomic E-state index is -1.52. The first-order valence-corrected chi connectivity index (χ1v) is 27.0. The van der Waals surface area contributed by atoms with Crippen LogP contribution in [0.2, 0.25) is 0 Å². The molecule has 0 aromatic rings. The molecule has 0 spiro atoms. The van der Waals surface area contributed by atoms with E-state index in [1.807, 2.05) is 0 Å². The summed E-state index contributed by atoms with van der Waals surface area (Å²) in [6.45, 7) is 6.60. The molecular weight excluding hydrogens is 1050 g/mol. The standard InChI is InChI=1S/C48H91N21O11/c1-5-29(62-40(75)32(16-10-22-58-46(52)53)63-38(73)26(2)61-45(80)35-19-13-25-69(35)28(4)71)39(74)64-33(17-11-23-59-47(54)55)43(78)66-30(14-6-8-20-49)41(76)65-31(15-7-9-21-50)42(77)67-34(18-12-24-60-48(56)57)44(79)68-36(27(3)70)37(51)72/h26-27,29-36,70H,5-25,49-50H2,1-4H3,(H2,51,72)(H,61,80)(H,62,75)(H,63,73)(H,64,74)(H,65,76)(H,66,78)(H,67,77)(H,68,79)(H4,52,53,58)(H4,54,55,59)(H4,56,57,60)/t26-,27+,29-,30-,31-,32-,33-,34-,35-,36-/m0/s1. The molecule has 1 heterocycles. The molecule has 10 atom stereocenters. The largest absolute Gasteiger partial charge is 0.391 e. The van der Waals surface area contributed by atoms with Crippen molar-refractivity contribution in [3.63, 3.8) is 0 Å². The van der Waals surface area contributed by atoms with Gasteiger partial charge in [-0.05, 0) is 123 Å². The maximum atomic E-state index is 14.3. The molecule has 0 radical (unpaired) electrons. The number of carbonyl (C=O) groups is 10. The lowest BCUT2D eigenvalue weighted by atomic mass is 10.0. The van der Waals surface area contributed by atoms with Crippen molar-refractivity contribution in [2.24, 2.45) is 66.6 Å². The fraction of sp³-hybridized carbons (Fsp3) is 0.729. The Balaban J connectivity index is 3.53. The second kappa shape index (κ2) is 38.1. The predicted molar refractivity (Wildman–Crippen MR) is 298 cm³/mol.